The Balaban J connectivity index is 1.61. The molecule has 0 spiro atoms. The summed E-state index contributed by atoms with van der Waals surface area (Å²) >= 11 is 7.30. The Hall–Kier alpha value is -2.89. The van der Waals surface area contributed by atoms with E-state index in [2.05, 4.69) is 17.4 Å². The van der Waals surface area contributed by atoms with Gasteiger partial charge in [0.05, 0.1) is 7.11 Å². The highest BCUT2D eigenvalue weighted by molar-refractivity contribution is 7.15. The van der Waals surface area contributed by atoms with Crippen molar-refractivity contribution in [3.8, 4) is 11.1 Å². The Kier molecular flexibility index (Phi) is 6.54. The molecule has 0 saturated heterocycles. The van der Waals surface area contributed by atoms with E-state index in [-0.39, 0.29) is 5.91 Å². The molecular weight excluding hydrogens is 430 g/mol. The van der Waals surface area contributed by atoms with Crippen LogP contribution in [0, 0.1) is 0 Å². The van der Waals surface area contributed by atoms with E-state index in [0.29, 0.717) is 15.6 Å². The van der Waals surface area contributed by atoms with Crippen LogP contribution in [0.4, 0.5) is 5.00 Å². The molecule has 1 heterocycles. The summed E-state index contributed by atoms with van der Waals surface area (Å²) in [6, 6.07) is 13.6. The van der Waals surface area contributed by atoms with Gasteiger partial charge in [-0.2, -0.15) is 0 Å². The van der Waals surface area contributed by atoms with Gasteiger partial charge < -0.3 is 10.1 Å². The molecule has 0 radical (unpaired) electrons. The van der Waals surface area contributed by atoms with E-state index >= 15 is 0 Å². The van der Waals surface area contributed by atoms with Crippen LogP contribution < -0.4 is 5.32 Å². The summed E-state index contributed by atoms with van der Waals surface area (Å²) in [6.45, 7) is 0. The Morgan fingerprint density at radius 1 is 1.10 bits per heavy atom. The molecule has 1 aromatic heterocycles. The van der Waals surface area contributed by atoms with Crippen molar-refractivity contribution in [2.24, 2.45) is 0 Å². The quantitative estimate of drug-likeness (QED) is 0.361. The van der Waals surface area contributed by atoms with Gasteiger partial charge in [0.25, 0.3) is 0 Å². The third-order valence-electron chi connectivity index (χ3n) is 5.35. The fourth-order valence-corrected chi connectivity index (χ4v) is 4.96. The molecular formula is C25H22ClNO3S. The Bertz CT molecular complexity index is 1170. The van der Waals surface area contributed by atoms with Crippen molar-refractivity contribution < 1.29 is 14.3 Å². The van der Waals surface area contributed by atoms with E-state index in [0.717, 1.165) is 29.5 Å². The number of ether oxygens (including phenoxy) is 1. The molecule has 0 saturated carbocycles. The topological polar surface area (TPSA) is 55.4 Å². The number of aryl methyl sites for hydroxylation is 2. The van der Waals surface area contributed by atoms with E-state index in [1.807, 2.05) is 23.6 Å². The highest BCUT2D eigenvalue weighted by Crippen LogP contribution is 2.37. The molecule has 3 aromatic rings. The van der Waals surface area contributed by atoms with Crippen molar-refractivity contribution >= 4 is 45.9 Å². The van der Waals surface area contributed by atoms with Gasteiger partial charge in [0.2, 0.25) is 5.91 Å². The summed E-state index contributed by atoms with van der Waals surface area (Å²) in [5, 5.41) is 5.79. The van der Waals surface area contributed by atoms with Crippen LogP contribution in [0.5, 0.6) is 0 Å². The SMILES string of the molecule is COC(=O)c1c(-c2ccc3c(c2)CCCC3)csc1NC(=O)/C=C/c1cccc(Cl)c1. The van der Waals surface area contributed by atoms with Crippen molar-refractivity contribution in [3.05, 3.63) is 81.2 Å². The first kappa shape index (κ1) is 21.3. The molecule has 0 unspecified atom stereocenters. The molecule has 0 fully saturated rings. The van der Waals surface area contributed by atoms with E-state index in [9.17, 15) is 9.59 Å². The van der Waals surface area contributed by atoms with Gasteiger partial charge in [-0.05, 0) is 66.1 Å². The zero-order valence-corrected chi connectivity index (χ0v) is 18.7. The van der Waals surface area contributed by atoms with Gasteiger partial charge in [-0.15, -0.1) is 11.3 Å². The maximum Gasteiger partial charge on any atom is 0.341 e. The average molecular weight is 452 g/mol. The molecule has 31 heavy (non-hydrogen) atoms. The minimum atomic E-state index is -0.469. The third kappa shape index (κ3) is 4.89. The van der Waals surface area contributed by atoms with Gasteiger partial charge >= 0.3 is 5.97 Å². The Morgan fingerprint density at radius 2 is 1.90 bits per heavy atom. The second-order valence-electron chi connectivity index (χ2n) is 7.41. The lowest BCUT2D eigenvalue weighted by Gasteiger charge is -2.16. The van der Waals surface area contributed by atoms with Gasteiger partial charge in [0.1, 0.15) is 10.6 Å². The second-order valence-corrected chi connectivity index (χ2v) is 8.73. The third-order valence-corrected chi connectivity index (χ3v) is 6.48. The van der Waals surface area contributed by atoms with Crippen LogP contribution in [0.3, 0.4) is 0 Å². The van der Waals surface area contributed by atoms with E-state index in [1.54, 1.807) is 18.2 Å². The number of amides is 1. The minimum absolute atomic E-state index is 0.330. The van der Waals surface area contributed by atoms with Crippen LogP contribution in [0.25, 0.3) is 17.2 Å². The number of carbonyl (C=O) groups excluding carboxylic acids is 2. The number of hydrogen-bond acceptors (Lipinski definition) is 4. The van der Waals surface area contributed by atoms with Gasteiger partial charge in [0.15, 0.2) is 0 Å². The monoisotopic (exact) mass is 451 g/mol. The first-order valence-corrected chi connectivity index (χ1v) is 11.4. The van der Waals surface area contributed by atoms with E-state index < -0.39 is 5.97 Å². The normalized spacial score (nSPS) is 13.1. The Labute approximate surface area is 190 Å². The van der Waals surface area contributed by atoms with E-state index in [4.69, 9.17) is 16.3 Å². The van der Waals surface area contributed by atoms with Crippen molar-refractivity contribution in [2.45, 2.75) is 25.7 Å². The number of hydrogen-bond donors (Lipinski definition) is 1. The van der Waals surface area contributed by atoms with Crippen LogP contribution in [0.2, 0.25) is 5.02 Å². The number of rotatable bonds is 5. The standard InChI is InChI=1S/C25H22ClNO3S/c1-30-25(29)23-21(19-11-10-17-6-2-3-7-18(17)14-19)15-31-24(23)27-22(28)12-9-16-5-4-8-20(26)13-16/h4-5,8-15H,2-3,6-7H2,1H3,(H,27,28)/b12-9+. The molecule has 6 heteroatoms. The predicted molar refractivity (Wildman–Crippen MR) is 127 cm³/mol. The summed E-state index contributed by atoms with van der Waals surface area (Å²) in [5.41, 5.74) is 5.65. The molecule has 1 amide bonds. The van der Waals surface area contributed by atoms with Gasteiger partial charge in [-0.1, -0.05) is 41.9 Å². The number of anilines is 1. The number of nitrogens with one attached hydrogen (secondary N) is 1. The van der Waals surface area contributed by atoms with Gasteiger partial charge in [-0.25, -0.2) is 4.79 Å². The molecule has 0 bridgehead atoms. The lowest BCUT2D eigenvalue weighted by Crippen LogP contribution is -2.11. The van der Waals surface area contributed by atoms with Crippen molar-refractivity contribution in [1.29, 1.82) is 0 Å². The highest BCUT2D eigenvalue weighted by atomic mass is 35.5. The number of thiophene rings is 1. The minimum Gasteiger partial charge on any atom is -0.465 e. The predicted octanol–water partition coefficient (Wildman–Crippen LogP) is 6.39. The van der Waals surface area contributed by atoms with Gasteiger partial charge in [-0.3, -0.25) is 4.79 Å². The molecule has 1 N–H and O–H groups in total. The fraction of sp³-hybridized carbons (Fsp3) is 0.200. The maximum atomic E-state index is 12.6. The number of fused-ring (bicyclic) bond motifs is 1. The summed E-state index contributed by atoms with van der Waals surface area (Å²) in [6.07, 6.45) is 7.66. The lowest BCUT2D eigenvalue weighted by atomic mass is 9.89. The van der Waals surface area contributed by atoms with Crippen LogP contribution in [0.15, 0.2) is 53.9 Å². The summed E-state index contributed by atoms with van der Waals surface area (Å²) in [7, 11) is 1.35. The summed E-state index contributed by atoms with van der Waals surface area (Å²) in [4.78, 5) is 25.1. The smallest absolute Gasteiger partial charge is 0.341 e. The molecule has 4 rings (SSSR count). The van der Waals surface area contributed by atoms with Crippen LogP contribution in [-0.2, 0) is 22.4 Å². The first-order chi connectivity index (χ1) is 15.0. The molecule has 0 atom stereocenters. The van der Waals surface area contributed by atoms with Crippen LogP contribution in [-0.4, -0.2) is 19.0 Å². The molecule has 2 aromatic carbocycles. The number of methoxy groups -OCH3 is 1. The molecule has 0 aliphatic heterocycles. The maximum absolute atomic E-state index is 12.6. The average Bonchev–Trinajstić information content (AvgIpc) is 3.20. The highest BCUT2D eigenvalue weighted by Gasteiger charge is 2.22. The lowest BCUT2D eigenvalue weighted by molar-refractivity contribution is -0.111. The molecule has 1 aliphatic rings. The van der Waals surface area contributed by atoms with Crippen LogP contribution in [0.1, 0.15) is 39.9 Å². The fourth-order valence-electron chi connectivity index (χ4n) is 3.80. The molecule has 4 nitrogen and oxygen atoms in total. The summed E-state index contributed by atoms with van der Waals surface area (Å²) in [5.74, 6) is -0.799. The zero-order chi connectivity index (χ0) is 21.8. The molecule has 158 valence electrons. The Morgan fingerprint density at radius 3 is 2.68 bits per heavy atom. The molecule has 1 aliphatic carbocycles. The number of esters is 1. The second kappa shape index (κ2) is 9.50. The number of carbonyl (C=O) groups is 2. The van der Waals surface area contributed by atoms with Crippen molar-refractivity contribution in [2.75, 3.05) is 12.4 Å². The van der Waals surface area contributed by atoms with Gasteiger partial charge in [0, 0.05) is 22.0 Å². The van der Waals surface area contributed by atoms with E-state index in [1.165, 1.54) is 48.5 Å². The van der Waals surface area contributed by atoms with Crippen LogP contribution >= 0.6 is 22.9 Å². The van der Waals surface area contributed by atoms with Crippen molar-refractivity contribution in [3.63, 3.8) is 0 Å². The first-order valence-electron chi connectivity index (χ1n) is 10.1. The number of benzene rings is 2. The zero-order valence-electron chi connectivity index (χ0n) is 17.1. The largest absolute Gasteiger partial charge is 0.465 e. The summed E-state index contributed by atoms with van der Waals surface area (Å²) < 4.78 is 5.02. The van der Waals surface area contributed by atoms with Crippen molar-refractivity contribution in [1.82, 2.24) is 0 Å². The number of halogens is 1.